The number of aromatic nitrogens is 2. The first kappa shape index (κ1) is 13.4. The first-order chi connectivity index (χ1) is 9.02. The van der Waals surface area contributed by atoms with Crippen LogP contribution in [0.15, 0.2) is 33.9 Å². The maximum absolute atomic E-state index is 12.0. The van der Waals surface area contributed by atoms with E-state index in [1.165, 1.54) is 0 Å². The highest BCUT2D eigenvalue weighted by Crippen LogP contribution is 2.13. The number of ether oxygens (including phenoxy) is 1. The lowest BCUT2D eigenvalue weighted by Gasteiger charge is -2.08. The number of halogens is 1. The zero-order valence-corrected chi connectivity index (χ0v) is 11.3. The highest BCUT2D eigenvalue weighted by Gasteiger charge is 2.09. The molecule has 0 aliphatic heterocycles. The van der Waals surface area contributed by atoms with Gasteiger partial charge in [-0.25, -0.2) is 4.79 Å². The molecule has 0 spiro atoms. The predicted molar refractivity (Wildman–Crippen MR) is 73.2 cm³/mol. The lowest BCUT2D eigenvalue weighted by Crippen LogP contribution is -2.36. The van der Waals surface area contributed by atoms with Crippen LogP contribution in [-0.2, 0) is 6.54 Å². The van der Waals surface area contributed by atoms with E-state index in [-0.39, 0.29) is 11.7 Å². The summed E-state index contributed by atoms with van der Waals surface area (Å²) in [5.74, 6) is 0.674. The van der Waals surface area contributed by atoms with E-state index < -0.39 is 11.2 Å². The zero-order valence-electron chi connectivity index (χ0n) is 10.6. The van der Waals surface area contributed by atoms with Gasteiger partial charge in [0.05, 0.1) is 13.7 Å². The molecule has 5 nitrogen and oxygen atoms in total. The molecule has 0 fully saturated rings. The Morgan fingerprint density at radius 1 is 1.37 bits per heavy atom. The Labute approximate surface area is 114 Å². The third kappa shape index (κ3) is 2.71. The number of methoxy groups -OCH3 is 1. The molecule has 0 amide bonds. The van der Waals surface area contributed by atoms with Crippen LogP contribution in [-0.4, -0.2) is 16.7 Å². The maximum atomic E-state index is 12.0. The topological polar surface area (TPSA) is 64.1 Å². The Kier molecular flexibility index (Phi) is 3.76. The van der Waals surface area contributed by atoms with Gasteiger partial charge >= 0.3 is 5.69 Å². The summed E-state index contributed by atoms with van der Waals surface area (Å²) in [5.41, 5.74) is 0.206. The fraction of sp³-hybridized carbons (Fsp3) is 0.231. The van der Waals surface area contributed by atoms with E-state index in [1.54, 1.807) is 32.2 Å². The van der Waals surface area contributed by atoms with Gasteiger partial charge in [0, 0.05) is 5.56 Å². The van der Waals surface area contributed by atoms with Gasteiger partial charge in [0.15, 0.2) is 0 Å². The van der Waals surface area contributed by atoms with Gasteiger partial charge in [-0.05, 0) is 24.6 Å². The molecule has 19 heavy (non-hydrogen) atoms. The first-order valence-electron chi connectivity index (χ1n) is 5.65. The van der Waals surface area contributed by atoms with Gasteiger partial charge in [0.25, 0.3) is 5.56 Å². The van der Waals surface area contributed by atoms with Gasteiger partial charge in [0.2, 0.25) is 0 Å². The van der Waals surface area contributed by atoms with E-state index in [1.807, 2.05) is 6.07 Å². The van der Waals surface area contributed by atoms with Crippen molar-refractivity contribution in [2.45, 2.75) is 13.5 Å². The number of hydrogen-bond donors (Lipinski definition) is 1. The van der Waals surface area contributed by atoms with Gasteiger partial charge in [-0.1, -0.05) is 23.7 Å². The summed E-state index contributed by atoms with van der Waals surface area (Å²) in [6.07, 6.45) is 0. The molecule has 0 unspecified atom stereocenters. The summed E-state index contributed by atoms with van der Waals surface area (Å²) in [5, 5.41) is 0.0805. The average molecular weight is 281 g/mol. The van der Waals surface area contributed by atoms with Crippen molar-refractivity contribution >= 4 is 11.6 Å². The fourth-order valence-corrected chi connectivity index (χ4v) is 1.90. The number of benzene rings is 1. The molecule has 2 rings (SSSR count). The van der Waals surface area contributed by atoms with E-state index >= 15 is 0 Å². The quantitative estimate of drug-likeness (QED) is 0.868. The molecule has 0 aliphatic carbocycles. The minimum Gasteiger partial charge on any atom is -0.497 e. The fourth-order valence-electron chi connectivity index (χ4n) is 1.74. The van der Waals surface area contributed by atoms with Crippen LogP contribution in [0.3, 0.4) is 0 Å². The summed E-state index contributed by atoms with van der Waals surface area (Å²) < 4.78 is 6.21. The highest BCUT2D eigenvalue weighted by atomic mass is 35.5. The summed E-state index contributed by atoms with van der Waals surface area (Å²) in [6, 6.07) is 7.19. The van der Waals surface area contributed by atoms with Crippen LogP contribution in [0.2, 0.25) is 5.15 Å². The van der Waals surface area contributed by atoms with E-state index in [2.05, 4.69) is 4.98 Å². The van der Waals surface area contributed by atoms with Crippen LogP contribution in [0, 0.1) is 6.92 Å². The maximum Gasteiger partial charge on any atom is 0.329 e. The molecule has 0 bridgehead atoms. The molecule has 0 aliphatic rings. The van der Waals surface area contributed by atoms with Gasteiger partial charge in [-0.15, -0.1) is 0 Å². The number of H-pyrrole nitrogens is 1. The van der Waals surface area contributed by atoms with Crippen LogP contribution < -0.4 is 16.0 Å². The van der Waals surface area contributed by atoms with Gasteiger partial charge in [-0.3, -0.25) is 14.3 Å². The Bertz CT molecular complexity index is 719. The molecular weight excluding hydrogens is 268 g/mol. The predicted octanol–water partition coefficient (Wildman–Crippen LogP) is 1.56. The second-order valence-electron chi connectivity index (χ2n) is 4.11. The van der Waals surface area contributed by atoms with Crippen molar-refractivity contribution in [3.05, 3.63) is 61.4 Å². The van der Waals surface area contributed by atoms with Gasteiger partial charge < -0.3 is 4.74 Å². The largest absolute Gasteiger partial charge is 0.497 e. The van der Waals surface area contributed by atoms with Crippen molar-refractivity contribution in [3.63, 3.8) is 0 Å². The molecule has 0 radical (unpaired) electrons. The molecule has 0 saturated carbocycles. The van der Waals surface area contributed by atoms with Crippen LogP contribution >= 0.6 is 11.6 Å². The summed E-state index contributed by atoms with van der Waals surface area (Å²) in [7, 11) is 1.56. The molecule has 1 aromatic carbocycles. The number of nitrogens with one attached hydrogen (secondary N) is 1. The normalized spacial score (nSPS) is 10.5. The number of rotatable bonds is 3. The number of hydrogen-bond acceptors (Lipinski definition) is 3. The molecule has 1 aromatic heterocycles. The number of aromatic amines is 1. The van der Waals surface area contributed by atoms with E-state index in [0.29, 0.717) is 11.3 Å². The Morgan fingerprint density at radius 2 is 2.11 bits per heavy atom. The molecule has 0 saturated heterocycles. The minimum atomic E-state index is -0.525. The number of nitrogens with zero attached hydrogens (tertiary/aromatic N) is 1. The summed E-state index contributed by atoms with van der Waals surface area (Å²) >= 11 is 5.75. The average Bonchev–Trinajstić information content (AvgIpc) is 2.41. The standard InChI is InChI=1S/C13H13ClN2O3/c1-8-11(14)15-13(18)16(12(8)17)7-9-4-3-5-10(6-9)19-2/h3-6H,7H2,1-2H3,(H,15,18). The van der Waals surface area contributed by atoms with Crippen molar-refractivity contribution in [3.8, 4) is 5.75 Å². The lowest BCUT2D eigenvalue weighted by atomic mass is 10.2. The molecule has 2 aromatic rings. The molecule has 6 heteroatoms. The highest BCUT2D eigenvalue weighted by molar-refractivity contribution is 6.30. The van der Waals surface area contributed by atoms with Crippen LogP contribution in [0.1, 0.15) is 11.1 Å². The molecule has 0 atom stereocenters. The Balaban J connectivity index is 2.47. The van der Waals surface area contributed by atoms with E-state index in [9.17, 15) is 9.59 Å². The monoisotopic (exact) mass is 280 g/mol. The molecular formula is C13H13ClN2O3. The third-order valence-electron chi connectivity index (χ3n) is 2.83. The molecule has 100 valence electrons. The van der Waals surface area contributed by atoms with Crippen LogP contribution in [0.25, 0.3) is 0 Å². The van der Waals surface area contributed by atoms with Crippen molar-refractivity contribution in [1.29, 1.82) is 0 Å². The first-order valence-corrected chi connectivity index (χ1v) is 6.03. The smallest absolute Gasteiger partial charge is 0.329 e. The SMILES string of the molecule is COc1cccc(Cn2c(=O)[nH]c(Cl)c(C)c2=O)c1. The van der Waals surface area contributed by atoms with Crippen molar-refractivity contribution in [2.75, 3.05) is 7.11 Å². The van der Waals surface area contributed by atoms with Gasteiger partial charge in [0.1, 0.15) is 10.9 Å². The third-order valence-corrected chi connectivity index (χ3v) is 3.21. The molecule has 1 heterocycles. The second kappa shape index (κ2) is 5.32. The Morgan fingerprint density at radius 3 is 2.79 bits per heavy atom. The summed E-state index contributed by atoms with van der Waals surface area (Å²) in [4.78, 5) is 26.2. The summed E-state index contributed by atoms with van der Waals surface area (Å²) in [6.45, 7) is 1.74. The minimum absolute atomic E-state index is 0.0805. The van der Waals surface area contributed by atoms with Crippen molar-refractivity contribution in [2.24, 2.45) is 0 Å². The second-order valence-corrected chi connectivity index (χ2v) is 4.49. The van der Waals surface area contributed by atoms with Crippen LogP contribution in [0.5, 0.6) is 5.75 Å². The van der Waals surface area contributed by atoms with Crippen molar-refractivity contribution < 1.29 is 4.74 Å². The lowest BCUT2D eigenvalue weighted by molar-refractivity contribution is 0.414. The van der Waals surface area contributed by atoms with Crippen molar-refractivity contribution in [1.82, 2.24) is 9.55 Å². The van der Waals surface area contributed by atoms with E-state index in [0.717, 1.165) is 10.1 Å². The van der Waals surface area contributed by atoms with Crippen LogP contribution in [0.4, 0.5) is 0 Å². The molecule has 1 N–H and O–H groups in total. The zero-order chi connectivity index (χ0) is 14.0. The van der Waals surface area contributed by atoms with Gasteiger partial charge in [-0.2, -0.15) is 0 Å². The van der Waals surface area contributed by atoms with E-state index in [4.69, 9.17) is 16.3 Å². The Hall–Kier alpha value is -2.01.